The minimum Gasteiger partial charge on any atom is -0.481 e. The van der Waals surface area contributed by atoms with E-state index >= 15 is 0 Å². The molecule has 1 aromatic carbocycles. The molecule has 0 unspecified atom stereocenters. The molecule has 116 valence electrons. The predicted octanol–water partition coefficient (Wildman–Crippen LogP) is 2.08. The van der Waals surface area contributed by atoms with E-state index in [2.05, 4.69) is 10.4 Å². The number of aryl methyl sites for hydroxylation is 2. The third kappa shape index (κ3) is 3.52. The van der Waals surface area contributed by atoms with Crippen LogP contribution in [0.5, 0.6) is 0 Å². The van der Waals surface area contributed by atoms with Gasteiger partial charge in [-0.15, -0.1) is 0 Å². The van der Waals surface area contributed by atoms with Crippen molar-refractivity contribution >= 4 is 11.9 Å². The first-order valence-electron chi connectivity index (χ1n) is 7.15. The van der Waals surface area contributed by atoms with Crippen LogP contribution in [0.2, 0.25) is 0 Å². The standard InChI is InChI=1S/C16H19N3O3/c1-3-19-15(11(2)10-18-19)12-5-4-6-13(9-12)16(22)17-8-7-14(20)21/h4-6,9-10H,3,7-8H2,1-2H3,(H,17,22)(H,20,21). The fraction of sp³-hybridized carbons (Fsp3) is 0.312. The summed E-state index contributed by atoms with van der Waals surface area (Å²) in [5.41, 5.74) is 3.46. The quantitative estimate of drug-likeness (QED) is 0.855. The second-order valence-electron chi connectivity index (χ2n) is 4.97. The Morgan fingerprint density at radius 2 is 2.14 bits per heavy atom. The normalized spacial score (nSPS) is 10.5. The summed E-state index contributed by atoms with van der Waals surface area (Å²) in [6, 6.07) is 7.26. The monoisotopic (exact) mass is 301 g/mol. The molecule has 2 aromatic rings. The van der Waals surface area contributed by atoms with Crippen molar-refractivity contribution in [1.82, 2.24) is 15.1 Å². The van der Waals surface area contributed by atoms with Crippen molar-refractivity contribution < 1.29 is 14.7 Å². The van der Waals surface area contributed by atoms with Crippen molar-refractivity contribution in [3.05, 3.63) is 41.6 Å². The van der Waals surface area contributed by atoms with Crippen molar-refractivity contribution in [2.45, 2.75) is 26.8 Å². The van der Waals surface area contributed by atoms with E-state index < -0.39 is 5.97 Å². The molecule has 0 aliphatic heterocycles. The lowest BCUT2D eigenvalue weighted by Gasteiger charge is -2.09. The minimum atomic E-state index is -0.934. The first-order chi connectivity index (χ1) is 10.5. The number of aliphatic carboxylic acids is 1. The number of aromatic nitrogens is 2. The molecule has 2 N–H and O–H groups in total. The maximum absolute atomic E-state index is 12.1. The third-order valence-electron chi connectivity index (χ3n) is 3.34. The summed E-state index contributed by atoms with van der Waals surface area (Å²) in [6.07, 6.45) is 1.71. The summed E-state index contributed by atoms with van der Waals surface area (Å²) in [7, 11) is 0. The van der Waals surface area contributed by atoms with Gasteiger partial charge in [-0.2, -0.15) is 5.10 Å². The zero-order valence-electron chi connectivity index (χ0n) is 12.7. The van der Waals surface area contributed by atoms with Gasteiger partial charge in [0.15, 0.2) is 0 Å². The Labute approximate surface area is 128 Å². The number of hydrogen-bond donors (Lipinski definition) is 2. The minimum absolute atomic E-state index is 0.0901. The van der Waals surface area contributed by atoms with Gasteiger partial charge in [-0.1, -0.05) is 12.1 Å². The van der Waals surface area contributed by atoms with E-state index in [0.29, 0.717) is 5.56 Å². The molecule has 1 heterocycles. The number of carboxylic acids is 1. The van der Waals surface area contributed by atoms with E-state index in [1.54, 1.807) is 18.3 Å². The number of carbonyl (C=O) groups is 2. The number of amides is 1. The average Bonchev–Trinajstić information content (AvgIpc) is 2.87. The Morgan fingerprint density at radius 3 is 2.82 bits per heavy atom. The van der Waals surface area contributed by atoms with Gasteiger partial charge in [-0.05, 0) is 31.5 Å². The number of benzene rings is 1. The maximum Gasteiger partial charge on any atom is 0.305 e. The van der Waals surface area contributed by atoms with Crippen LogP contribution >= 0.6 is 0 Å². The summed E-state index contributed by atoms with van der Waals surface area (Å²) in [4.78, 5) is 22.5. The van der Waals surface area contributed by atoms with E-state index in [9.17, 15) is 9.59 Å². The molecule has 6 nitrogen and oxygen atoms in total. The van der Waals surface area contributed by atoms with Gasteiger partial charge in [-0.25, -0.2) is 0 Å². The zero-order valence-corrected chi connectivity index (χ0v) is 12.7. The van der Waals surface area contributed by atoms with Crippen LogP contribution in [-0.4, -0.2) is 33.3 Å². The molecule has 1 amide bonds. The first kappa shape index (κ1) is 15.8. The Balaban J connectivity index is 2.21. The SMILES string of the molecule is CCn1ncc(C)c1-c1cccc(C(=O)NCCC(=O)O)c1. The van der Waals surface area contributed by atoms with Crippen LogP contribution < -0.4 is 5.32 Å². The number of hydrogen-bond acceptors (Lipinski definition) is 3. The zero-order chi connectivity index (χ0) is 16.1. The molecule has 6 heteroatoms. The van der Waals surface area contributed by atoms with E-state index in [0.717, 1.165) is 23.4 Å². The lowest BCUT2D eigenvalue weighted by Crippen LogP contribution is -2.25. The maximum atomic E-state index is 12.1. The highest BCUT2D eigenvalue weighted by atomic mass is 16.4. The van der Waals surface area contributed by atoms with E-state index in [1.165, 1.54) is 0 Å². The van der Waals surface area contributed by atoms with Crippen LogP contribution in [0.3, 0.4) is 0 Å². The van der Waals surface area contributed by atoms with Crippen molar-refractivity contribution in [1.29, 1.82) is 0 Å². The molecule has 0 radical (unpaired) electrons. The molecule has 0 spiro atoms. The Bertz CT molecular complexity index is 692. The molecule has 22 heavy (non-hydrogen) atoms. The molecule has 2 rings (SSSR count). The summed E-state index contributed by atoms with van der Waals surface area (Å²) < 4.78 is 1.89. The summed E-state index contributed by atoms with van der Waals surface area (Å²) >= 11 is 0. The topological polar surface area (TPSA) is 84.2 Å². The first-order valence-corrected chi connectivity index (χ1v) is 7.15. The van der Waals surface area contributed by atoms with Crippen LogP contribution in [0.25, 0.3) is 11.3 Å². The number of rotatable bonds is 6. The molecule has 0 bridgehead atoms. The number of carbonyl (C=O) groups excluding carboxylic acids is 1. The fourth-order valence-corrected chi connectivity index (χ4v) is 2.29. The Hall–Kier alpha value is -2.63. The van der Waals surface area contributed by atoms with Gasteiger partial charge < -0.3 is 10.4 Å². The van der Waals surface area contributed by atoms with Gasteiger partial charge in [0, 0.05) is 24.2 Å². The number of nitrogens with one attached hydrogen (secondary N) is 1. The summed E-state index contributed by atoms with van der Waals surface area (Å²) in [5, 5.41) is 15.5. The highest BCUT2D eigenvalue weighted by molar-refractivity contribution is 5.95. The van der Waals surface area contributed by atoms with Crippen LogP contribution in [0, 0.1) is 6.92 Å². The van der Waals surface area contributed by atoms with Gasteiger partial charge in [0.1, 0.15) is 0 Å². The van der Waals surface area contributed by atoms with Gasteiger partial charge >= 0.3 is 5.97 Å². The third-order valence-corrected chi connectivity index (χ3v) is 3.34. The summed E-state index contributed by atoms with van der Waals surface area (Å²) in [5.74, 6) is -1.21. The van der Waals surface area contributed by atoms with Crippen molar-refractivity contribution in [3.8, 4) is 11.3 Å². The number of nitrogens with zero attached hydrogens (tertiary/aromatic N) is 2. The molecular weight excluding hydrogens is 282 g/mol. The van der Waals surface area contributed by atoms with Crippen molar-refractivity contribution in [3.63, 3.8) is 0 Å². The second-order valence-corrected chi connectivity index (χ2v) is 4.97. The predicted molar refractivity (Wildman–Crippen MR) is 82.7 cm³/mol. The van der Waals surface area contributed by atoms with E-state index in [-0.39, 0.29) is 18.9 Å². The number of carboxylic acid groups (broad SMARTS) is 1. The highest BCUT2D eigenvalue weighted by Crippen LogP contribution is 2.24. The van der Waals surface area contributed by atoms with Gasteiger partial charge in [0.05, 0.1) is 18.3 Å². The molecule has 0 fully saturated rings. The molecule has 0 aliphatic rings. The van der Waals surface area contributed by atoms with Crippen molar-refractivity contribution in [2.75, 3.05) is 6.54 Å². The fourth-order valence-electron chi connectivity index (χ4n) is 2.29. The van der Waals surface area contributed by atoms with E-state index in [1.807, 2.05) is 30.7 Å². The van der Waals surface area contributed by atoms with Gasteiger partial charge in [0.25, 0.3) is 5.91 Å². The highest BCUT2D eigenvalue weighted by Gasteiger charge is 2.12. The molecule has 0 saturated heterocycles. The van der Waals surface area contributed by atoms with Crippen molar-refractivity contribution in [2.24, 2.45) is 0 Å². The lowest BCUT2D eigenvalue weighted by molar-refractivity contribution is -0.136. The largest absolute Gasteiger partial charge is 0.481 e. The Morgan fingerprint density at radius 1 is 1.36 bits per heavy atom. The average molecular weight is 301 g/mol. The summed E-state index contributed by atoms with van der Waals surface area (Å²) in [6.45, 7) is 4.86. The van der Waals surface area contributed by atoms with Gasteiger partial charge in [0.2, 0.25) is 0 Å². The lowest BCUT2D eigenvalue weighted by atomic mass is 10.0. The molecule has 0 aliphatic carbocycles. The molecule has 0 saturated carbocycles. The van der Waals surface area contributed by atoms with Crippen LogP contribution in [0.1, 0.15) is 29.3 Å². The van der Waals surface area contributed by atoms with Crippen LogP contribution in [0.15, 0.2) is 30.5 Å². The second kappa shape index (κ2) is 6.89. The van der Waals surface area contributed by atoms with Crippen LogP contribution in [-0.2, 0) is 11.3 Å². The van der Waals surface area contributed by atoms with E-state index in [4.69, 9.17) is 5.11 Å². The molecule has 0 atom stereocenters. The molecular formula is C16H19N3O3. The molecule has 1 aromatic heterocycles. The smallest absolute Gasteiger partial charge is 0.305 e. The Kier molecular flexibility index (Phi) is 4.93. The van der Waals surface area contributed by atoms with Crippen LogP contribution in [0.4, 0.5) is 0 Å². The van der Waals surface area contributed by atoms with Gasteiger partial charge in [-0.3, -0.25) is 14.3 Å².